The summed E-state index contributed by atoms with van der Waals surface area (Å²) in [6.45, 7) is 2.00. The quantitative estimate of drug-likeness (QED) is 0.469. The largest absolute Gasteiger partial charge is 0.423 e. The van der Waals surface area contributed by atoms with E-state index in [9.17, 15) is 4.79 Å². The van der Waals surface area contributed by atoms with Crippen molar-refractivity contribution < 1.29 is 9.53 Å². The van der Waals surface area contributed by atoms with Crippen molar-refractivity contribution in [2.24, 2.45) is 0 Å². The number of allylic oxidation sites excluding steroid dienone is 2. The number of benzene rings is 2. The summed E-state index contributed by atoms with van der Waals surface area (Å²) in [5.74, 6) is 0.0332. The van der Waals surface area contributed by atoms with Gasteiger partial charge in [-0.15, -0.1) is 0 Å². The molecule has 0 atom stereocenters. The first-order valence-electron chi connectivity index (χ1n) is 7.15. The first-order chi connectivity index (χ1) is 10.7. The van der Waals surface area contributed by atoms with E-state index in [1.54, 1.807) is 36.4 Å². The third kappa shape index (κ3) is 4.32. The molecular weight excluding hydrogens is 274 g/mol. The Morgan fingerprint density at radius 1 is 1.14 bits per heavy atom. The Kier molecular flexibility index (Phi) is 5.50. The third-order valence-corrected chi connectivity index (χ3v) is 3.22. The van der Waals surface area contributed by atoms with Gasteiger partial charge in [0.25, 0.3) is 0 Å². The van der Waals surface area contributed by atoms with Crippen LogP contribution >= 0.6 is 0 Å². The molecule has 0 aliphatic rings. The predicted octanol–water partition coefficient (Wildman–Crippen LogP) is 4.29. The monoisotopic (exact) mass is 291 g/mol. The Morgan fingerprint density at radius 3 is 2.41 bits per heavy atom. The first-order valence-corrected chi connectivity index (χ1v) is 7.15. The van der Waals surface area contributed by atoms with Crippen molar-refractivity contribution in [1.29, 1.82) is 5.26 Å². The molecule has 2 aromatic carbocycles. The average molecular weight is 291 g/mol. The van der Waals surface area contributed by atoms with Gasteiger partial charge < -0.3 is 4.74 Å². The van der Waals surface area contributed by atoms with Crippen LogP contribution in [0.4, 0.5) is 0 Å². The van der Waals surface area contributed by atoms with Crippen LogP contribution in [0.5, 0.6) is 5.75 Å². The summed E-state index contributed by atoms with van der Waals surface area (Å²) in [4.78, 5) is 12.0. The van der Waals surface area contributed by atoms with Crippen LogP contribution in [0, 0.1) is 11.3 Å². The number of hydrogen-bond acceptors (Lipinski definition) is 3. The number of esters is 1. The van der Waals surface area contributed by atoms with Gasteiger partial charge in [-0.05, 0) is 61.7 Å². The SMILES string of the molecule is C/C=C/CCc1ccc(C(=O)Oc2ccc(C#N)cc2)cc1. The molecule has 0 bridgehead atoms. The number of hydrogen-bond donors (Lipinski definition) is 0. The summed E-state index contributed by atoms with van der Waals surface area (Å²) in [6, 6.07) is 15.9. The van der Waals surface area contributed by atoms with E-state index in [1.165, 1.54) is 5.56 Å². The van der Waals surface area contributed by atoms with E-state index in [0.717, 1.165) is 12.8 Å². The summed E-state index contributed by atoms with van der Waals surface area (Å²) in [5, 5.41) is 8.73. The van der Waals surface area contributed by atoms with Crippen molar-refractivity contribution in [3.05, 3.63) is 77.4 Å². The van der Waals surface area contributed by atoms with Crippen LogP contribution in [0.25, 0.3) is 0 Å². The second-order valence-electron chi connectivity index (χ2n) is 4.83. The number of carbonyl (C=O) groups excluding carboxylic acids is 1. The van der Waals surface area contributed by atoms with Gasteiger partial charge in [0.15, 0.2) is 0 Å². The molecule has 0 heterocycles. The molecule has 2 rings (SSSR count). The molecule has 0 fully saturated rings. The van der Waals surface area contributed by atoms with Gasteiger partial charge in [-0.3, -0.25) is 0 Å². The Labute approximate surface area is 130 Å². The summed E-state index contributed by atoms with van der Waals surface area (Å²) in [7, 11) is 0. The molecule has 22 heavy (non-hydrogen) atoms. The highest BCUT2D eigenvalue weighted by molar-refractivity contribution is 5.91. The number of aryl methyl sites for hydroxylation is 1. The zero-order chi connectivity index (χ0) is 15.8. The van der Waals surface area contributed by atoms with Crippen molar-refractivity contribution >= 4 is 5.97 Å². The lowest BCUT2D eigenvalue weighted by Crippen LogP contribution is -2.08. The van der Waals surface area contributed by atoms with E-state index in [1.807, 2.05) is 31.2 Å². The van der Waals surface area contributed by atoms with E-state index < -0.39 is 5.97 Å². The Hall–Kier alpha value is -2.86. The lowest BCUT2D eigenvalue weighted by atomic mass is 10.1. The van der Waals surface area contributed by atoms with Gasteiger partial charge in [0, 0.05) is 0 Å². The minimum Gasteiger partial charge on any atom is -0.423 e. The van der Waals surface area contributed by atoms with Crippen LogP contribution in [-0.4, -0.2) is 5.97 Å². The summed E-state index contributed by atoms with van der Waals surface area (Å²) < 4.78 is 5.28. The zero-order valence-electron chi connectivity index (χ0n) is 12.5. The van der Waals surface area contributed by atoms with Crippen LogP contribution in [0.2, 0.25) is 0 Å². The minimum atomic E-state index is -0.398. The van der Waals surface area contributed by atoms with Gasteiger partial charge in [0.1, 0.15) is 5.75 Å². The molecule has 0 unspecified atom stereocenters. The van der Waals surface area contributed by atoms with E-state index in [0.29, 0.717) is 16.9 Å². The number of ether oxygens (including phenoxy) is 1. The van der Waals surface area contributed by atoms with Crippen molar-refractivity contribution in [3.63, 3.8) is 0 Å². The van der Waals surface area contributed by atoms with Gasteiger partial charge in [-0.2, -0.15) is 5.26 Å². The third-order valence-electron chi connectivity index (χ3n) is 3.22. The topological polar surface area (TPSA) is 50.1 Å². The fourth-order valence-corrected chi connectivity index (χ4v) is 1.99. The van der Waals surface area contributed by atoms with Crippen molar-refractivity contribution in [2.75, 3.05) is 0 Å². The minimum absolute atomic E-state index is 0.398. The van der Waals surface area contributed by atoms with Crippen LogP contribution in [-0.2, 0) is 6.42 Å². The van der Waals surface area contributed by atoms with Crippen LogP contribution in [0.15, 0.2) is 60.7 Å². The van der Waals surface area contributed by atoms with E-state index in [4.69, 9.17) is 10.00 Å². The normalized spacial score (nSPS) is 10.4. The molecule has 0 aliphatic carbocycles. The second kappa shape index (κ2) is 7.80. The summed E-state index contributed by atoms with van der Waals surface area (Å²) >= 11 is 0. The number of nitriles is 1. The van der Waals surface area contributed by atoms with Gasteiger partial charge >= 0.3 is 5.97 Å². The number of carbonyl (C=O) groups is 1. The molecule has 3 heteroatoms. The molecule has 0 radical (unpaired) electrons. The molecular formula is C19H17NO2. The van der Waals surface area contributed by atoms with Crippen LogP contribution < -0.4 is 4.74 Å². The Morgan fingerprint density at radius 2 is 1.82 bits per heavy atom. The van der Waals surface area contributed by atoms with Gasteiger partial charge in [-0.25, -0.2) is 4.79 Å². The smallest absolute Gasteiger partial charge is 0.343 e. The summed E-state index contributed by atoms with van der Waals surface area (Å²) in [5.41, 5.74) is 2.23. The van der Waals surface area contributed by atoms with Gasteiger partial charge in [0.2, 0.25) is 0 Å². The van der Waals surface area contributed by atoms with Crippen molar-refractivity contribution in [2.45, 2.75) is 19.8 Å². The zero-order valence-corrected chi connectivity index (χ0v) is 12.5. The van der Waals surface area contributed by atoms with Crippen molar-refractivity contribution in [3.8, 4) is 11.8 Å². The van der Waals surface area contributed by atoms with Gasteiger partial charge in [0.05, 0.1) is 17.2 Å². The molecule has 0 amide bonds. The predicted molar refractivity (Wildman–Crippen MR) is 85.7 cm³/mol. The Bertz CT molecular complexity index is 692. The van der Waals surface area contributed by atoms with E-state index >= 15 is 0 Å². The van der Waals surface area contributed by atoms with E-state index in [-0.39, 0.29) is 0 Å². The maximum absolute atomic E-state index is 12.0. The molecule has 3 nitrogen and oxygen atoms in total. The maximum Gasteiger partial charge on any atom is 0.343 e. The average Bonchev–Trinajstić information content (AvgIpc) is 2.56. The Balaban J connectivity index is 1.98. The maximum atomic E-state index is 12.0. The first kappa shape index (κ1) is 15.5. The molecule has 0 N–H and O–H groups in total. The second-order valence-corrected chi connectivity index (χ2v) is 4.83. The van der Waals surface area contributed by atoms with Crippen LogP contribution in [0.3, 0.4) is 0 Å². The van der Waals surface area contributed by atoms with Gasteiger partial charge in [-0.1, -0.05) is 24.3 Å². The molecule has 2 aromatic rings. The molecule has 0 spiro atoms. The standard InChI is InChI=1S/C19H17NO2/c1-2-3-4-5-15-6-10-17(11-7-15)19(21)22-18-12-8-16(14-20)9-13-18/h2-3,6-13H,4-5H2,1H3/b3-2+. The lowest BCUT2D eigenvalue weighted by molar-refractivity contribution is 0.0735. The van der Waals surface area contributed by atoms with E-state index in [2.05, 4.69) is 6.08 Å². The molecule has 110 valence electrons. The lowest BCUT2D eigenvalue weighted by Gasteiger charge is -2.05. The highest BCUT2D eigenvalue weighted by atomic mass is 16.5. The number of nitrogens with zero attached hydrogens (tertiary/aromatic N) is 1. The van der Waals surface area contributed by atoms with Crippen LogP contribution in [0.1, 0.15) is 34.8 Å². The fourth-order valence-electron chi connectivity index (χ4n) is 1.99. The van der Waals surface area contributed by atoms with Crippen molar-refractivity contribution in [1.82, 2.24) is 0 Å². The fraction of sp³-hybridized carbons (Fsp3) is 0.158. The molecule has 0 aliphatic heterocycles. The molecule has 0 aromatic heterocycles. The summed E-state index contributed by atoms with van der Waals surface area (Å²) in [6.07, 6.45) is 6.09. The highest BCUT2D eigenvalue weighted by Crippen LogP contribution is 2.15. The molecule has 0 saturated carbocycles. The number of rotatable bonds is 5. The molecule has 0 saturated heterocycles. The highest BCUT2D eigenvalue weighted by Gasteiger charge is 2.08.